The fourth-order valence-corrected chi connectivity index (χ4v) is 3.81. The van der Waals surface area contributed by atoms with E-state index in [1.165, 1.54) is 0 Å². The first kappa shape index (κ1) is 19.2. The van der Waals surface area contributed by atoms with Gasteiger partial charge in [0.05, 0.1) is 11.0 Å². The van der Waals surface area contributed by atoms with Crippen molar-refractivity contribution in [1.82, 2.24) is 5.32 Å². The average molecular weight is 368 g/mol. The summed E-state index contributed by atoms with van der Waals surface area (Å²) in [5.41, 5.74) is 1.88. The lowest BCUT2D eigenvalue weighted by Gasteiger charge is -2.28. The summed E-state index contributed by atoms with van der Waals surface area (Å²) in [6.45, 7) is 6.22. The minimum atomic E-state index is -0.647. The topological polar surface area (TPSA) is 65.3 Å². The van der Waals surface area contributed by atoms with Crippen LogP contribution in [0.15, 0.2) is 48.7 Å². The molecule has 1 aromatic heterocycles. The van der Waals surface area contributed by atoms with Crippen LogP contribution in [0.1, 0.15) is 63.3 Å². The van der Waals surface area contributed by atoms with Crippen LogP contribution in [0.4, 0.5) is 4.79 Å². The van der Waals surface area contributed by atoms with Gasteiger partial charge in [-0.15, -0.1) is 0 Å². The Kier molecular flexibility index (Phi) is 5.40. The van der Waals surface area contributed by atoms with Gasteiger partial charge in [0.15, 0.2) is 11.9 Å². The quantitative estimate of drug-likeness (QED) is 0.632. The molecule has 0 saturated heterocycles. The second-order valence-corrected chi connectivity index (χ2v) is 8.21. The maximum atomic E-state index is 12.4. The molecule has 1 saturated carbocycles. The fourth-order valence-electron chi connectivity index (χ4n) is 3.81. The van der Waals surface area contributed by atoms with Crippen molar-refractivity contribution in [2.75, 3.05) is 0 Å². The largest absolute Gasteiger partial charge is 0.618 e. The maximum absolute atomic E-state index is 12.4. The van der Waals surface area contributed by atoms with Gasteiger partial charge in [0.1, 0.15) is 6.61 Å². The number of rotatable bonds is 5. The van der Waals surface area contributed by atoms with Crippen molar-refractivity contribution in [3.63, 3.8) is 0 Å². The standard InChI is InChI=1S/C22H28N2O3/c1-21(2,23-20(25)27-16-17-9-5-4-6-10-17)18-11-14-24(26)19(15-18)22(3)12-7-8-13-22/h4-6,9-11,14-15H,7-8,12-13,16H2,1-3H3,(H,23,25). The molecule has 144 valence electrons. The molecule has 0 atom stereocenters. The molecule has 1 N–H and O–H groups in total. The number of benzene rings is 1. The van der Waals surface area contributed by atoms with Crippen molar-refractivity contribution < 1.29 is 14.3 Å². The van der Waals surface area contributed by atoms with Gasteiger partial charge in [-0.1, -0.05) is 43.2 Å². The van der Waals surface area contributed by atoms with Crippen LogP contribution in [0.25, 0.3) is 0 Å². The van der Waals surface area contributed by atoms with E-state index in [0.29, 0.717) is 0 Å². The second kappa shape index (κ2) is 7.59. The summed E-state index contributed by atoms with van der Waals surface area (Å²) in [7, 11) is 0. The normalized spacial score (nSPS) is 16.1. The highest BCUT2D eigenvalue weighted by atomic mass is 16.5. The highest BCUT2D eigenvalue weighted by Crippen LogP contribution is 2.39. The summed E-state index contributed by atoms with van der Waals surface area (Å²) in [4.78, 5) is 12.3. The van der Waals surface area contributed by atoms with Crippen LogP contribution in [-0.2, 0) is 22.3 Å². The maximum Gasteiger partial charge on any atom is 0.408 e. The predicted molar refractivity (Wildman–Crippen MR) is 104 cm³/mol. The predicted octanol–water partition coefficient (Wildman–Crippen LogP) is 4.31. The Morgan fingerprint density at radius 2 is 1.89 bits per heavy atom. The zero-order valence-electron chi connectivity index (χ0n) is 16.3. The first-order chi connectivity index (χ1) is 12.8. The molecule has 1 heterocycles. The van der Waals surface area contributed by atoms with E-state index in [1.807, 2.05) is 50.2 Å². The minimum absolute atomic E-state index is 0.0956. The van der Waals surface area contributed by atoms with Gasteiger partial charge in [-0.3, -0.25) is 0 Å². The van der Waals surface area contributed by atoms with Crippen molar-refractivity contribution in [3.8, 4) is 0 Å². The Balaban J connectivity index is 1.71. The van der Waals surface area contributed by atoms with Gasteiger partial charge >= 0.3 is 6.09 Å². The summed E-state index contributed by atoms with van der Waals surface area (Å²) in [6.07, 6.45) is 5.41. The molecule has 1 amide bonds. The van der Waals surface area contributed by atoms with Gasteiger partial charge in [0.2, 0.25) is 0 Å². The zero-order chi connectivity index (χ0) is 19.5. The van der Waals surface area contributed by atoms with E-state index in [4.69, 9.17) is 4.74 Å². The van der Waals surface area contributed by atoms with Gasteiger partial charge < -0.3 is 15.3 Å². The molecular formula is C22H28N2O3. The number of nitrogens with zero attached hydrogens (tertiary/aromatic N) is 1. The average Bonchev–Trinajstić information content (AvgIpc) is 3.08. The summed E-state index contributed by atoms with van der Waals surface area (Å²) in [6, 6.07) is 13.3. The van der Waals surface area contributed by atoms with Crippen LogP contribution in [0.3, 0.4) is 0 Å². The van der Waals surface area contributed by atoms with Gasteiger partial charge in [0.25, 0.3) is 0 Å². The number of alkyl carbamates (subject to hydrolysis) is 1. The highest BCUT2D eigenvalue weighted by molar-refractivity contribution is 5.68. The molecule has 0 radical (unpaired) electrons. The smallest absolute Gasteiger partial charge is 0.408 e. The van der Waals surface area contributed by atoms with E-state index < -0.39 is 11.6 Å². The molecular weight excluding hydrogens is 340 g/mol. The van der Waals surface area contributed by atoms with E-state index >= 15 is 0 Å². The van der Waals surface area contributed by atoms with Crippen LogP contribution in [-0.4, -0.2) is 6.09 Å². The molecule has 0 unspecified atom stereocenters. The molecule has 1 fully saturated rings. The Morgan fingerprint density at radius 3 is 2.56 bits per heavy atom. The molecule has 1 aliphatic carbocycles. The molecule has 3 rings (SSSR count). The Morgan fingerprint density at radius 1 is 1.22 bits per heavy atom. The number of ether oxygens (including phenoxy) is 1. The van der Waals surface area contributed by atoms with E-state index in [0.717, 1.165) is 47.2 Å². The first-order valence-electron chi connectivity index (χ1n) is 9.53. The Labute approximate surface area is 160 Å². The molecule has 5 heteroatoms. The number of pyridine rings is 1. The number of carbonyl (C=O) groups is 1. The number of aromatic nitrogens is 1. The number of amides is 1. The lowest BCUT2D eigenvalue weighted by atomic mass is 9.82. The van der Waals surface area contributed by atoms with Crippen molar-refractivity contribution in [2.45, 2.75) is 64.0 Å². The number of hydrogen-bond donors (Lipinski definition) is 1. The monoisotopic (exact) mass is 368 g/mol. The third-order valence-corrected chi connectivity index (χ3v) is 5.59. The fraction of sp³-hybridized carbons (Fsp3) is 0.455. The van der Waals surface area contributed by atoms with Gasteiger partial charge in [0, 0.05) is 12.1 Å². The molecule has 0 aliphatic heterocycles. The molecule has 5 nitrogen and oxygen atoms in total. The minimum Gasteiger partial charge on any atom is -0.618 e. The van der Waals surface area contributed by atoms with Crippen LogP contribution >= 0.6 is 0 Å². The van der Waals surface area contributed by atoms with Crippen molar-refractivity contribution in [3.05, 3.63) is 70.7 Å². The summed E-state index contributed by atoms with van der Waals surface area (Å²) >= 11 is 0. The van der Waals surface area contributed by atoms with Crippen LogP contribution in [0.5, 0.6) is 0 Å². The molecule has 0 spiro atoms. The van der Waals surface area contributed by atoms with Crippen LogP contribution in [0, 0.1) is 5.21 Å². The third kappa shape index (κ3) is 4.41. The highest BCUT2D eigenvalue weighted by Gasteiger charge is 2.38. The van der Waals surface area contributed by atoms with Crippen molar-refractivity contribution >= 4 is 6.09 Å². The van der Waals surface area contributed by atoms with E-state index in [9.17, 15) is 10.0 Å². The lowest BCUT2D eigenvalue weighted by molar-refractivity contribution is -0.618. The molecule has 1 aromatic carbocycles. The van der Waals surface area contributed by atoms with Gasteiger partial charge in [-0.2, -0.15) is 4.73 Å². The third-order valence-electron chi connectivity index (χ3n) is 5.59. The van der Waals surface area contributed by atoms with Gasteiger partial charge in [-0.05, 0) is 44.7 Å². The second-order valence-electron chi connectivity index (χ2n) is 8.21. The van der Waals surface area contributed by atoms with Crippen molar-refractivity contribution in [2.24, 2.45) is 0 Å². The van der Waals surface area contributed by atoms with Crippen molar-refractivity contribution in [1.29, 1.82) is 0 Å². The SMILES string of the molecule is CC1(c2cc(C(C)(C)NC(=O)OCc3ccccc3)cc[n+]2[O-])CCCC1. The summed E-state index contributed by atoms with van der Waals surface area (Å²) < 4.78 is 6.31. The molecule has 0 bridgehead atoms. The summed E-state index contributed by atoms with van der Waals surface area (Å²) in [5, 5.41) is 15.3. The zero-order valence-corrected chi connectivity index (χ0v) is 16.3. The number of carbonyl (C=O) groups excluding carboxylic acids is 1. The van der Waals surface area contributed by atoms with Crippen LogP contribution < -0.4 is 10.0 Å². The Bertz CT molecular complexity index is 796. The van der Waals surface area contributed by atoms with E-state index in [-0.39, 0.29) is 12.0 Å². The summed E-state index contributed by atoms with van der Waals surface area (Å²) in [5.74, 6) is 0. The van der Waals surface area contributed by atoms with E-state index in [1.54, 1.807) is 12.3 Å². The van der Waals surface area contributed by atoms with Gasteiger partial charge in [-0.25, -0.2) is 4.79 Å². The number of hydrogen-bond acceptors (Lipinski definition) is 3. The number of nitrogens with one attached hydrogen (secondary N) is 1. The molecule has 27 heavy (non-hydrogen) atoms. The van der Waals surface area contributed by atoms with Crippen LogP contribution in [0.2, 0.25) is 0 Å². The Hall–Kier alpha value is -2.56. The molecule has 1 aliphatic rings. The van der Waals surface area contributed by atoms with E-state index in [2.05, 4.69) is 12.2 Å². The molecule has 2 aromatic rings. The lowest BCUT2D eigenvalue weighted by Crippen LogP contribution is -2.44. The first-order valence-corrected chi connectivity index (χ1v) is 9.53.